The molecule has 0 N–H and O–H groups in total. The van der Waals surface area contributed by atoms with Crippen molar-refractivity contribution in [2.24, 2.45) is 0 Å². The third kappa shape index (κ3) is 3.32. The van der Waals surface area contributed by atoms with Crippen LogP contribution in [0, 0.1) is 0 Å². The lowest BCUT2D eigenvalue weighted by atomic mass is 10.1. The van der Waals surface area contributed by atoms with E-state index in [-0.39, 0.29) is 6.42 Å². The highest BCUT2D eigenvalue weighted by atomic mass is 16.6. The first-order valence-electron chi connectivity index (χ1n) is 5.53. The van der Waals surface area contributed by atoms with Crippen LogP contribution in [-0.4, -0.2) is 42.0 Å². The van der Waals surface area contributed by atoms with Gasteiger partial charge in [0.15, 0.2) is 0 Å². The van der Waals surface area contributed by atoms with Gasteiger partial charge >= 0.3 is 12.1 Å². The molecule has 1 aliphatic heterocycles. The minimum Gasteiger partial charge on any atom is -0.467 e. The molecule has 0 bridgehead atoms. The topological polar surface area (TPSA) is 72.9 Å². The molecule has 0 spiro atoms. The summed E-state index contributed by atoms with van der Waals surface area (Å²) in [6.07, 6.45) is 1.41. The van der Waals surface area contributed by atoms with Crippen LogP contribution in [0.15, 0.2) is 11.8 Å². The smallest absolute Gasteiger partial charge is 0.415 e. The van der Waals surface area contributed by atoms with E-state index in [1.54, 1.807) is 20.8 Å². The van der Waals surface area contributed by atoms with Crippen LogP contribution in [0.5, 0.6) is 0 Å². The van der Waals surface area contributed by atoms with Crippen molar-refractivity contribution in [3.8, 4) is 0 Å². The lowest BCUT2D eigenvalue weighted by Gasteiger charge is -2.26. The number of ether oxygens (including phenoxy) is 2. The Morgan fingerprint density at radius 3 is 2.50 bits per heavy atom. The predicted octanol–water partition coefficient (Wildman–Crippen LogP) is 1.25. The van der Waals surface area contributed by atoms with Gasteiger partial charge in [0.25, 0.3) is 0 Å². The standard InChI is InChI=1S/C12H17NO5/c1-12(2,3)18-11(16)13-6-8(7-14)5-9(13)10(15)17-4/h6-7,9H,5H2,1-4H3/t9-/m1/s1. The van der Waals surface area contributed by atoms with E-state index in [1.165, 1.54) is 13.3 Å². The molecule has 0 unspecified atom stereocenters. The zero-order chi connectivity index (χ0) is 13.9. The number of carbonyl (C=O) groups is 3. The number of aldehydes is 1. The number of esters is 1. The Labute approximate surface area is 106 Å². The fraction of sp³-hybridized carbons (Fsp3) is 0.583. The summed E-state index contributed by atoms with van der Waals surface area (Å²) in [5, 5.41) is 0. The van der Waals surface area contributed by atoms with Crippen LogP contribution < -0.4 is 0 Å². The Balaban J connectivity index is 2.87. The number of rotatable bonds is 2. The Kier molecular flexibility index (Phi) is 4.11. The summed E-state index contributed by atoms with van der Waals surface area (Å²) < 4.78 is 9.76. The normalized spacial score (nSPS) is 19.2. The van der Waals surface area contributed by atoms with E-state index < -0.39 is 23.7 Å². The van der Waals surface area contributed by atoms with E-state index in [0.29, 0.717) is 11.9 Å². The summed E-state index contributed by atoms with van der Waals surface area (Å²) in [6.45, 7) is 5.16. The molecule has 6 heteroatoms. The average molecular weight is 255 g/mol. The van der Waals surface area contributed by atoms with E-state index in [0.717, 1.165) is 4.90 Å². The van der Waals surface area contributed by atoms with Crippen molar-refractivity contribution in [2.75, 3.05) is 7.11 Å². The van der Waals surface area contributed by atoms with Crippen LogP contribution in [0.1, 0.15) is 27.2 Å². The third-order valence-corrected chi connectivity index (χ3v) is 2.30. The Hall–Kier alpha value is -1.85. The summed E-state index contributed by atoms with van der Waals surface area (Å²) in [4.78, 5) is 35.2. The molecule has 0 aromatic carbocycles. The third-order valence-electron chi connectivity index (χ3n) is 2.30. The number of carbonyl (C=O) groups excluding carboxylic acids is 3. The van der Waals surface area contributed by atoms with Crippen molar-refractivity contribution in [3.63, 3.8) is 0 Å². The quantitative estimate of drug-likeness (QED) is 0.548. The molecule has 1 rings (SSSR count). The van der Waals surface area contributed by atoms with E-state index in [9.17, 15) is 14.4 Å². The first-order valence-corrected chi connectivity index (χ1v) is 5.53. The highest BCUT2D eigenvalue weighted by Gasteiger charge is 2.37. The van der Waals surface area contributed by atoms with Gasteiger partial charge in [-0.3, -0.25) is 9.69 Å². The Morgan fingerprint density at radius 1 is 1.44 bits per heavy atom. The van der Waals surface area contributed by atoms with Gasteiger partial charge in [0, 0.05) is 18.2 Å². The van der Waals surface area contributed by atoms with Gasteiger partial charge in [-0.25, -0.2) is 9.59 Å². The number of nitrogens with zero attached hydrogens (tertiary/aromatic N) is 1. The van der Waals surface area contributed by atoms with Gasteiger partial charge in [-0.05, 0) is 20.8 Å². The number of hydrogen-bond donors (Lipinski definition) is 0. The van der Waals surface area contributed by atoms with Crippen LogP contribution in [0.25, 0.3) is 0 Å². The minimum atomic E-state index is -0.829. The van der Waals surface area contributed by atoms with Gasteiger partial charge in [0.2, 0.25) is 0 Å². The monoisotopic (exact) mass is 255 g/mol. The molecule has 0 saturated carbocycles. The number of methoxy groups -OCH3 is 1. The zero-order valence-electron chi connectivity index (χ0n) is 10.9. The van der Waals surface area contributed by atoms with Gasteiger partial charge in [-0.15, -0.1) is 0 Å². The predicted molar refractivity (Wildman–Crippen MR) is 62.6 cm³/mol. The summed E-state index contributed by atoms with van der Waals surface area (Å²) in [7, 11) is 1.23. The molecule has 0 fully saturated rings. The molecule has 1 heterocycles. The Morgan fingerprint density at radius 2 is 2.06 bits per heavy atom. The van der Waals surface area contributed by atoms with Gasteiger partial charge in [-0.2, -0.15) is 0 Å². The summed E-state index contributed by atoms with van der Waals surface area (Å²) >= 11 is 0. The first kappa shape index (κ1) is 14.2. The molecule has 1 aliphatic rings. The van der Waals surface area contributed by atoms with Gasteiger partial charge in [-0.1, -0.05) is 0 Å². The highest BCUT2D eigenvalue weighted by Crippen LogP contribution is 2.23. The summed E-state index contributed by atoms with van der Waals surface area (Å²) in [6, 6.07) is -0.829. The molecule has 1 atom stereocenters. The van der Waals surface area contributed by atoms with E-state index >= 15 is 0 Å². The molecule has 18 heavy (non-hydrogen) atoms. The zero-order valence-corrected chi connectivity index (χ0v) is 10.9. The molecule has 0 radical (unpaired) electrons. The molecule has 6 nitrogen and oxygen atoms in total. The van der Waals surface area contributed by atoms with Crippen LogP contribution in [-0.2, 0) is 19.1 Å². The van der Waals surface area contributed by atoms with E-state index in [1.807, 2.05) is 0 Å². The van der Waals surface area contributed by atoms with Gasteiger partial charge in [0.1, 0.15) is 17.9 Å². The van der Waals surface area contributed by atoms with Crippen LogP contribution in [0.2, 0.25) is 0 Å². The maximum Gasteiger partial charge on any atom is 0.415 e. The van der Waals surface area contributed by atoms with Crippen molar-refractivity contribution in [1.82, 2.24) is 4.90 Å². The maximum absolute atomic E-state index is 11.9. The largest absolute Gasteiger partial charge is 0.467 e. The fourth-order valence-electron chi connectivity index (χ4n) is 1.55. The minimum absolute atomic E-state index is 0.148. The van der Waals surface area contributed by atoms with Crippen LogP contribution in [0.3, 0.4) is 0 Å². The van der Waals surface area contributed by atoms with E-state index in [4.69, 9.17) is 4.74 Å². The van der Waals surface area contributed by atoms with Crippen molar-refractivity contribution in [3.05, 3.63) is 11.8 Å². The highest BCUT2D eigenvalue weighted by molar-refractivity contribution is 5.87. The maximum atomic E-state index is 11.9. The lowest BCUT2D eigenvalue weighted by molar-refractivity contribution is -0.145. The molecule has 100 valence electrons. The number of amides is 1. The SMILES string of the molecule is COC(=O)[C@H]1CC(C=O)=CN1C(=O)OC(C)(C)C. The number of hydrogen-bond acceptors (Lipinski definition) is 5. The van der Waals surface area contributed by atoms with Crippen molar-refractivity contribution in [1.29, 1.82) is 0 Å². The van der Waals surface area contributed by atoms with Crippen molar-refractivity contribution < 1.29 is 23.9 Å². The van der Waals surface area contributed by atoms with Gasteiger partial charge in [0.05, 0.1) is 7.11 Å². The lowest BCUT2D eigenvalue weighted by Crippen LogP contribution is -2.42. The molecule has 0 aliphatic carbocycles. The molecular weight excluding hydrogens is 238 g/mol. The van der Waals surface area contributed by atoms with E-state index in [2.05, 4.69) is 4.74 Å². The molecule has 0 aromatic heterocycles. The van der Waals surface area contributed by atoms with Crippen molar-refractivity contribution in [2.45, 2.75) is 38.8 Å². The Bertz CT molecular complexity index is 394. The summed E-state index contributed by atoms with van der Waals surface area (Å²) in [5.74, 6) is -0.575. The van der Waals surface area contributed by atoms with Crippen LogP contribution in [0.4, 0.5) is 4.79 Å². The second-order valence-electron chi connectivity index (χ2n) is 4.95. The van der Waals surface area contributed by atoms with Crippen LogP contribution >= 0.6 is 0 Å². The molecule has 0 aromatic rings. The van der Waals surface area contributed by atoms with Gasteiger partial charge < -0.3 is 9.47 Å². The fourth-order valence-corrected chi connectivity index (χ4v) is 1.55. The second-order valence-corrected chi connectivity index (χ2v) is 4.95. The van der Waals surface area contributed by atoms with Crippen molar-refractivity contribution >= 4 is 18.3 Å². The average Bonchev–Trinajstić information content (AvgIpc) is 2.69. The second kappa shape index (κ2) is 5.20. The summed E-state index contributed by atoms with van der Waals surface area (Å²) in [5.41, 5.74) is -0.313. The molecule has 1 amide bonds. The molecule has 0 saturated heterocycles. The first-order chi connectivity index (χ1) is 8.28. The molecular formula is C12H17NO5.